The van der Waals surface area contributed by atoms with E-state index in [1.165, 1.54) is 18.2 Å². The Morgan fingerprint density at radius 3 is 2.71 bits per heavy atom. The standard InChI is InChI=1S/C22H20ClFO4/c1-3-28-22(26)21-17(14-7-8-19(24)18(23)11-14)10-15(12-20(21)25)13-5-4-6-16(9-13)27-2/h4-9,11-12,17,21H,3,10H2,1-2H3/t17-,21-/m0/s1. The molecule has 2 atom stereocenters. The molecular weight excluding hydrogens is 383 g/mol. The monoisotopic (exact) mass is 402 g/mol. The van der Waals surface area contributed by atoms with Crippen molar-refractivity contribution in [2.24, 2.45) is 5.92 Å². The maximum Gasteiger partial charge on any atom is 0.317 e. The molecule has 146 valence electrons. The van der Waals surface area contributed by atoms with Crippen LogP contribution in [0.1, 0.15) is 30.4 Å². The van der Waals surface area contributed by atoms with Gasteiger partial charge in [-0.2, -0.15) is 0 Å². The van der Waals surface area contributed by atoms with Gasteiger partial charge in [0.15, 0.2) is 5.78 Å². The van der Waals surface area contributed by atoms with Crippen molar-refractivity contribution in [3.63, 3.8) is 0 Å². The molecule has 0 bridgehead atoms. The molecule has 2 aromatic carbocycles. The van der Waals surface area contributed by atoms with Crippen molar-refractivity contribution in [2.75, 3.05) is 13.7 Å². The van der Waals surface area contributed by atoms with E-state index in [4.69, 9.17) is 21.1 Å². The van der Waals surface area contributed by atoms with E-state index in [1.807, 2.05) is 24.3 Å². The van der Waals surface area contributed by atoms with Gasteiger partial charge in [-0.1, -0.05) is 29.8 Å². The number of ether oxygens (including phenoxy) is 2. The van der Waals surface area contributed by atoms with E-state index in [-0.39, 0.29) is 17.4 Å². The number of rotatable bonds is 5. The lowest BCUT2D eigenvalue weighted by Gasteiger charge is -2.29. The van der Waals surface area contributed by atoms with Crippen molar-refractivity contribution < 1.29 is 23.5 Å². The minimum absolute atomic E-state index is 0.0509. The second-order valence-corrected chi connectivity index (χ2v) is 6.92. The first-order valence-corrected chi connectivity index (χ1v) is 9.32. The number of carbonyl (C=O) groups is 2. The van der Waals surface area contributed by atoms with Gasteiger partial charge < -0.3 is 9.47 Å². The van der Waals surface area contributed by atoms with Crippen molar-refractivity contribution >= 4 is 28.9 Å². The lowest BCUT2D eigenvalue weighted by atomic mass is 9.73. The highest BCUT2D eigenvalue weighted by atomic mass is 35.5. The van der Waals surface area contributed by atoms with Crippen molar-refractivity contribution in [3.8, 4) is 5.75 Å². The van der Waals surface area contributed by atoms with E-state index < -0.39 is 23.6 Å². The number of allylic oxidation sites excluding steroid dienone is 2. The van der Waals surface area contributed by atoms with Crippen LogP contribution in [0.15, 0.2) is 48.5 Å². The fourth-order valence-electron chi connectivity index (χ4n) is 3.46. The number of ketones is 1. The minimum Gasteiger partial charge on any atom is -0.497 e. The molecule has 1 aliphatic carbocycles. The Morgan fingerprint density at radius 1 is 1.25 bits per heavy atom. The summed E-state index contributed by atoms with van der Waals surface area (Å²) < 4.78 is 24.0. The molecule has 0 aromatic heterocycles. The van der Waals surface area contributed by atoms with Crippen molar-refractivity contribution in [1.82, 2.24) is 0 Å². The van der Waals surface area contributed by atoms with E-state index in [9.17, 15) is 14.0 Å². The second kappa shape index (κ2) is 8.57. The lowest BCUT2D eigenvalue weighted by Crippen LogP contribution is -2.34. The molecule has 0 radical (unpaired) electrons. The first kappa shape index (κ1) is 20.1. The number of hydrogen-bond donors (Lipinski definition) is 0. The number of hydrogen-bond acceptors (Lipinski definition) is 4. The Balaban J connectivity index is 2.05. The number of methoxy groups -OCH3 is 1. The van der Waals surface area contributed by atoms with Crippen LogP contribution in [0, 0.1) is 11.7 Å². The Kier molecular flexibility index (Phi) is 6.15. The summed E-state index contributed by atoms with van der Waals surface area (Å²) in [4.78, 5) is 25.4. The molecule has 0 N–H and O–H groups in total. The van der Waals surface area contributed by atoms with Crippen LogP contribution < -0.4 is 4.74 Å². The fourth-order valence-corrected chi connectivity index (χ4v) is 3.65. The second-order valence-electron chi connectivity index (χ2n) is 6.52. The van der Waals surface area contributed by atoms with Crippen LogP contribution >= 0.6 is 11.6 Å². The summed E-state index contributed by atoms with van der Waals surface area (Å²) in [6.07, 6.45) is 1.89. The molecule has 3 rings (SSSR count). The molecule has 28 heavy (non-hydrogen) atoms. The van der Waals surface area contributed by atoms with Gasteiger partial charge >= 0.3 is 5.97 Å². The van der Waals surface area contributed by atoms with Crippen molar-refractivity contribution in [1.29, 1.82) is 0 Å². The molecule has 0 unspecified atom stereocenters. The lowest BCUT2D eigenvalue weighted by molar-refractivity contribution is -0.151. The van der Waals surface area contributed by atoms with Crippen LogP contribution in [-0.2, 0) is 14.3 Å². The van der Waals surface area contributed by atoms with E-state index in [1.54, 1.807) is 20.1 Å². The maximum atomic E-state index is 13.6. The quantitative estimate of drug-likeness (QED) is 0.532. The molecule has 0 heterocycles. The zero-order valence-electron chi connectivity index (χ0n) is 15.6. The predicted molar refractivity (Wildman–Crippen MR) is 105 cm³/mol. The normalized spacial score (nSPS) is 19.1. The van der Waals surface area contributed by atoms with E-state index in [0.717, 1.165) is 11.1 Å². The maximum absolute atomic E-state index is 13.6. The van der Waals surface area contributed by atoms with Gasteiger partial charge in [0.1, 0.15) is 17.5 Å². The van der Waals surface area contributed by atoms with Gasteiger partial charge in [-0.25, -0.2) is 4.39 Å². The number of halogens is 2. The highest BCUT2D eigenvalue weighted by molar-refractivity contribution is 6.30. The Hall–Kier alpha value is -2.66. The summed E-state index contributed by atoms with van der Waals surface area (Å²) in [5, 5.41) is -0.0509. The van der Waals surface area contributed by atoms with Crippen molar-refractivity contribution in [2.45, 2.75) is 19.3 Å². The average Bonchev–Trinajstić information content (AvgIpc) is 2.69. The van der Waals surface area contributed by atoms with Gasteiger partial charge in [-0.15, -0.1) is 0 Å². The van der Waals surface area contributed by atoms with Crippen LogP contribution in [-0.4, -0.2) is 25.5 Å². The average molecular weight is 403 g/mol. The Morgan fingerprint density at radius 2 is 2.04 bits per heavy atom. The molecule has 2 aromatic rings. The number of benzene rings is 2. The van der Waals surface area contributed by atoms with Crippen LogP contribution in [0.5, 0.6) is 5.75 Å². The van der Waals surface area contributed by atoms with Gasteiger partial charge in [-0.3, -0.25) is 9.59 Å². The predicted octanol–water partition coefficient (Wildman–Crippen LogP) is 4.81. The SMILES string of the molecule is CCOC(=O)[C@@H]1C(=O)C=C(c2cccc(OC)c2)C[C@H]1c1ccc(F)c(Cl)c1. The first-order chi connectivity index (χ1) is 13.4. The summed E-state index contributed by atoms with van der Waals surface area (Å²) in [7, 11) is 1.57. The molecular formula is C22H20ClFO4. The van der Waals surface area contributed by atoms with Gasteiger partial charge in [-0.05, 0) is 60.4 Å². The summed E-state index contributed by atoms with van der Waals surface area (Å²) in [6, 6.07) is 11.6. The summed E-state index contributed by atoms with van der Waals surface area (Å²) >= 11 is 5.94. The van der Waals surface area contributed by atoms with E-state index in [0.29, 0.717) is 17.7 Å². The minimum atomic E-state index is -0.990. The highest BCUT2D eigenvalue weighted by Gasteiger charge is 2.40. The Bertz CT molecular complexity index is 938. The van der Waals surface area contributed by atoms with Crippen LogP contribution in [0.25, 0.3) is 5.57 Å². The third-order valence-electron chi connectivity index (χ3n) is 4.82. The third kappa shape index (κ3) is 4.09. The van der Waals surface area contributed by atoms with E-state index in [2.05, 4.69) is 0 Å². The molecule has 0 fully saturated rings. The molecule has 0 saturated heterocycles. The third-order valence-corrected chi connectivity index (χ3v) is 5.11. The molecule has 0 aliphatic heterocycles. The zero-order valence-corrected chi connectivity index (χ0v) is 16.3. The van der Waals surface area contributed by atoms with Gasteiger partial charge in [0.2, 0.25) is 0 Å². The van der Waals surface area contributed by atoms with Gasteiger partial charge in [0, 0.05) is 5.92 Å². The zero-order chi connectivity index (χ0) is 20.3. The van der Waals surface area contributed by atoms with E-state index >= 15 is 0 Å². The summed E-state index contributed by atoms with van der Waals surface area (Å²) in [5.41, 5.74) is 2.22. The topological polar surface area (TPSA) is 52.6 Å². The fraction of sp³-hybridized carbons (Fsp3) is 0.273. The number of carbonyl (C=O) groups excluding carboxylic acids is 2. The van der Waals surface area contributed by atoms with Crippen LogP contribution in [0.4, 0.5) is 4.39 Å². The first-order valence-electron chi connectivity index (χ1n) is 8.95. The molecule has 4 nitrogen and oxygen atoms in total. The molecule has 0 amide bonds. The summed E-state index contributed by atoms with van der Waals surface area (Å²) in [5.74, 6) is -2.30. The summed E-state index contributed by atoms with van der Waals surface area (Å²) in [6.45, 7) is 1.86. The van der Waals surface area contributed by atoms with Gasteiger partial charge in [0.25, 0.3) is 0 Å². The molecule has 1 aliphatic rings. The molecule has 0 spiro atoms. The van der Waals surface area contributed by atoms with Crippen LogP contribution in [0.3, 0.4) is 0 Å². The smallest absolute Gasteiger partial charge is 0.317 e. The Labute approximate surface area is 167 Å². The van der Waals surface area contributed by atoms with Crippen LogP contribution in [0.2, 0.25) is 5.02 Å². The molecule has 0 saturated carbocycles. The largest absolute Gasteiger partial charge is 0.497 e. The number of esters is 1. The van der Waals surface area contributed by atoms with Crippen molar-refractivity contribution in [3.05, 3.63) is 70.5 Å². The highest BCUT2D eigenvalue weighted by Crippen LogP contribution is 2.41. The molecule has 6 heteroatoms. The van der Waals surface area contributed by atoms with Gasteiger partial charge in [0.05, 0.1) is 18.7 Å².